The number of furan rings is 1. The highest BCUT2D eigenvalue weighted by Crippen LogP contribution is 2.18. The number of nitrogens with zero attached hydrogens (tertiary/aromatic N) is 1. The van der Waals surface area contributed by atoms with E-state index < -0.39 is 5.91 Å². The Bertz CT molecular complexity index is 1040. The summed E-state index contributed by atoms with van der Waals surface area (Å²) in [5, 5.41) is 7.24. The summed E-state index contributed by atoms with van der Waals surface area (Å²) in [6.45, 7) is 1.76. The van der Waals surface area contributed by atoms with E-state index in [1.54, 1.807) is 67.6 Å². The van der Waals surface area contributed by atoms with Crippen LogP contribution in [0.2, 0.25) is 5.02 Å². The summed E-state index contributed by atoms with van der Waals surface area (Å²) in [4.78, 5) is 24.2. The molecule has 2 N–H and O–H groups in total. The third-order valence-corrected chi connectivity index (χ3v) is 4.56. The summed E-state index contributed by atoms with van der Waals surface area (Å²) >= 11 is 9.18. The molecule has 28 heavy (non-hydrogen) atoms. The van der Waals surface area contributed by atoms with E-state index in [1.807, 2.05) is 0 Å². The van der Waals surface area contributed by atoms with Crippen LogP contribution in [0.3, 0.4) is 0 Å². The van der Waals surface area contributed by atoms with E-state index in [1.165, 1.54) is 0 Å². The van der Waals surface area contributed by atoms with Gasteiger partial charge in [0.05, 0.1) is 16.3 Å². The molecule has 0 bridgehead atoms. The van der Waals surface area contributed by atoms with Crippen molar-refractivity contribution in [3.8, 4) is 0 Å². The predicted octanol–water partition coefficient (Wildman–Crippen LogP) is 5.10. The first-order chi connectivity index (χ1) is 13.4. The zero-order chi connectivity index (χ0) is 20.1. The Morgan fingerprint density at radius 2 is 1.71 bits per heavy atom. The van der Waals surface area contributed by atoms with Gasteiger partial charge in [-0.05, 0) is 64.8 Å². The fraction of sp³-hybridized carbons (Fsp3) is 0.0500. The Labute approximate surface area is 174 Å². The fourth-order valence-corrected chi connectivity index (χ4v) is 2.86. The maximum atomic E-state index is 12.3. The summed E-state index contributed by atoms with van der Waals surface area (Å²) in [6.07, 6.45) is 0. The van der Waals surface area contributed by atoms with Crippen molar-refractivity contribution in [1.29, 1.82) is 0 Å². The Morgan fingerprint density at radius 3 is 2.36 bits per heavy atom. The number of rotatable bonds is 5. The van der Waals surface area contributed by atoms with Crippen molar-refractivity contribution >= 4 is 50.7 Å². The summed E-state index contributed by atoms with van der Waals surface area (Å²) in [5.41, 5.74) is 4.84. The first-order valence-corrected chi connectivity index (χ1v) is 9.37. The molecule has 3 aromatic rings. The lowest BCUT2D eigenvalue weighted by molar-refractivity contribution is 0.0925. The number of hydrogen-bond acceptors (Lipinski definition) is 4. The number of hydrogen-bond donors (Lipinski definition) is 2. The second-order valence-corrected chi connectivity index (χ2v) is 6.94. The minimum atomic E-state index is -0.450. The van der Waals surface area contributed by atoms with E-state index >= 15 is 0 Å². The molecule has 3 rings (SSSR count). The second-order valence-electron chi connectivity index (χ2n) is 5.75. The summed E-state index contributed by atoms with van der Waals surface area (Å²) in [5.74, 6) is -0.588. The molecule has 2 aromatic carbocycles. The lowest BCUT2D eigenvalue weighted by atomic mass is 10.1. The number of nitrogens with one attached hydrogen (secondary N) is 2. The highest BCUT2D eigenvalue weighted by Gasteiger charge is 2.11. The van der Waals surface area contributed by atoms with Gasteiger partial charge in [-0.15, -0.1) is 0 Å². The van der Waals surface area contributed by atoms with Gasteiger partial charge in [-0.1, -0.05) is 35.9 Å². The van der Waals surface area contributed by atoms with Crippen molar-refractivity contribution in [3.05, 3.63) is 87.2 Å². The number of hydrazone groups is 1. The number of carbonyl (C=O) groups excluding carboxylic acids is 2. The summed E-state index contributed by atoms with van der Waals surface area (Å²) in [6, 6.07) is 17.1. The molecule has 1 heterocycles. The molecular formula is C20H15BrClN3O3. The molecule has 0 aliphatic carbocycles. The smallest absolute Gasteiger partial charge is 0.307 e. The van der Waals surface area contributed by atoms with Gasteiger partial charge in [-0.25, -0.2) is 5.43 Å². The van der Waals surface area contributed by atoms with Crippen LogP contribution in [-0.2, 0) is 0 Å². The number of carbonyl (C=O) groups is 2. The maximum absolute atomic E-state index is 12.3. The van der Waals surface area contributed by atoms with Gasteiger partial charge in [0.25, 0.3) is 5.91 Å². The van der Waals surface area contributed by atoms with Crippen LogP contribution >= 0.6 is 27.5 Å². The zero-order valence-electron chi connectivity index (χ0n) is 14.7. The molecule has 1 aromatic heterocycles. The van der Waals surface area contributed by atoms with Crippen LogP contribution in [-0.4, -0.2) is 17.5 Å². The summed E-state index contributed by atoms with van der Waals surface area (Å²) < 4.78 is 5.63. The fourth-order valence-electron chi connectivity index (χ4n) is 2.33. The van der Waals surface area contributed by atoms with Gasteiger partial charge < -0.3 is 9.73 Å². The predicted molar refractivity (Wildman–Crippen MR) is 112 cm³/mol. The highest BCUT2D eigenvalue weighted by molar-refractivity contribution is 9.10. The monoisotopic (exact) mass is 459 g/mol. The molecule has 0 atom stereocenters. The molecule has 0 unspecified atom stereocenters. The molecule has 0 aliphatic rings. The Kier molecular flexibility index (Phi) is 6.28. The first kappa shape index (κ1) is 19.9. The van der Waals surface area contributed by atoms with Crippen LogP contribution in [0.5, 0.6) is 0 Å². The van der Waals surface area contributed by atoms with Crippen molar-refractivity contribution in [2.45, 2.75) is 6.92 Å². The van der Waals surface area contributed by atoms with Crippen LogP contribution in [0.15, 0.2) is 74.9 Å². The van der Waals surface area contributed by atoms with Crippen molar-refractivity contribution in [1.82, 2.24) is 5.43 Å². The van der Waals surface area contributed by atoms with Crippen molar-refractivity contribution in [2.24, 2.45) is 5.10 Å². The highest BCUT2D eigenvalue weighted by atomic mass is 79.9. The van der Waals surface area contributed by atoms with E-state index in [2.05, 4.69) is 31.8 Å². The van der Waals surface area contributed by atoms with Crippen LogP contribution in [0.1, 0.15) is 33.4 Å². The first-order valence-electron chi connectivity index (χ1n) is 8.20. The molecule has 0 saturated carbocycles. The van der Waals surface area contributed by atoms with Crippen molar-refractivity contribution in [3.63, 3.8) is 0 Å². The van der Waals surface area contributed by atoms with Crippen molar-refractivity contribution in [2.75, 3.05) is 5.32 Å². The van der Waals surface area contributed by atoms with Gasteiger partial charge in [-0.3, -0.25) is 9.59 Å². The number of amides is 2. The summed E-state index contributed by atoms with van der Waals surface area (Å²) in [7, 11) is 0. The van der Waals surface area contributed by atoms with Crippen LogP contribution in [0.4, 0.5) is 5.69 Å². The number of benzene rings is 2. The molecular weight excluding hydrogens is 446 g/mol. The lowest BCUT2D eigenvalue weighted by Crippen LogP contribution is -2.18. The normalized spacial score (nSPS) is 11.2. The van der Waals surface area contributed by atoms with E-state index in [0.717, 1.165) is 5.56 Å². The van der Waals surface area contributed by atoms with Crippen LogP contribution in [0, 0.1) is 0 Å². The van der Waals surface area contributed by atoms with Gasteiger partial charge in [0.15, 0.2) is 10.4 Å². The van der Waals surface area contributed by atoms with Gasteiger partial charge >= 0.3 is 5.91 Å². The minimum absolute atomic E-state index is 0.154. The topological polar surface area (TPSA) is 83.7 Å². The number of anilines is 1. The molecule has 0 saturated heterocycles. The average Bonchev–Trinajstić information content (AvgIpc) is 3.13. The van der Waals surface area contributed by atoms with E-state index in [4.69, 9.17) is 16.0 Å². The molecule has 142 valence electrons. The Balaban J connectivity index is 1.64. The standard InChI is InChI=1S/C20H15BrClN3O3/c1-12(24-25-20(27)17-10-11-18(21)28-17)13-6-8-14(9-7-13)23-19(26)15-4-2-3-5-16(15)22/h2-11H,1H3,(H,23,26)(H,25,27)/b24-12+. The SMILES string of the molecule is C/C(=N\NC(=O)c1ccc(Br)o1)c1ccc(NC(=O)c2ccccc2Cl)cc1. The molecule has 8 heteroatoms. The molecule has 0 aliphatic heterocycles. The van der Waals surface area contributed by atoms with Gasteiger partial charge in [0.1, 0.15) is 0 Å². The third kappa shape index (κ3) is 4.88. The quantitative estimate of drug-likeness (QED) is 0.410. The average molecular weight is 461 g/mol. The van der Waals surface area contributed by atoms with Crippen molar-refractivity contribution < 1.29 is 14.0 Å². The molecule has 0 fully saturated rings. The van der Waals surface area contributed by atoms with Gasteiger partial charge in [0, 0.05) is 5.69 Å². The second kappa shape index (κ2) is 8.86. The van der Waals surface area contributed by atoms with E-state index in [-0.39, 0.29) is 11.7 Å². The molecule has 2 amide bonds. The van der Waals surface area contributed by atoms with Gasteiger partial charge in [-0.2, -0.15) is 5.10 Å². The Morgan fingerprint density at radius 1 is 1.00 bits per heavy atom. The van der Waals surface area contributed by atoms with E-state index in [9.17, 15) is 9.59 Å². The Hall–Kier alpha value is -2.90. The zero-order valence-corrected chi connectivity index (χ0v) is 17.0. The maximum Gasteiger partial charge on any atom is 0.307 e. The molecule has 6 nitrogen and oxygen atoms in total. The third-order valence-electron chi connectivity index (χ3n) is 3.80. The van der Waals surface area contributed by atoms with Crippen LogP contribution in [0.25, 0.3) is 0 Å². The minimum Gasteiger partial charge on any atom is -0.444 e. The molecule has 0 radical (unpaired) electrons. The lowest BCUT2D eigenvalue weighted by Gasteiger charge is -2.08. The van der Waals surface area contributed by atoms with E-state index in [0.29, 0.717) is 26.7 Å². The largest absolute Gasteiger partial charge is 0.444 e. The van der Waals surface area contributed by atoms with Crippen LogP contribution < -0.4 is 10.7 Å². The number of halogens is 2. The van der Waals surface area contributed by atoms with Gasteiger partial charge in [0.2, 0.25) is 0 Å². The molecule has 0 spiro atoms.